The Hall–Kier alpha value is -6.32. The van der Waals surface area contributed by atoms with Gasteiger partial charge in [0.25, 0.3) is 0 Å². The van der Waals surface area contributed by atoms with Gasteiger partial charge in [-0.3, -0.25) is 0 Å². The Labute approximate surface area is 270 Å². The first-order valence-electron chi connectivity index (χ1n) is 15.9. The summed E-state index contributed by atoms with van der Waals surface area (Å²) in [6.07, 6.45) is 0. The molecule has 2 aromatic heterocycles. The lowest BCUT2D eigenvalue weighted by atomic mass is 9.98. The Morgan fingerprint density at radius 2 is 1.00 bits per heavy atom. The second-order valence-electron chi connectivity index (χ2n) is 12.1. The molecule has 10 aromatic rings. The number of hydrogen-bond acceptors (Lipinski definition) is 3. The van der Waals surface area contributed by atoms with E-state index in [1.54, 1.807) is 0 Å². The molecule has 0 radical (unpaired) electrons. The van der Waals surface area contributed by atoms with Crippen LogP contribution in [-0.2, 0) is 0 Å². The number of benzene rings is 8. The molecule has 0 spiro atoms. The number of nitrogens with zero attached hydrogens (tertiary/aromatic N) is 1. The van der Waals surface area contributed by atoms with Gasteiger partial charge in [-0.15, -0.1) is 0 Å². The van der Waals surface area contributed by atoms with Crippen molar-refractivity contribution >= 4 is 82.5 Å². The molecule has 2 heterocycles. The Kier molecular flexibility index (Phi) is 5.57. The summed E-state index contributed by atoms with van der Waals surface area (Å²) in [5.74, 6) is 0. The highest BCUT2D eigenvalue weighted by atomic mass is 16.3. The predicted molar refractivity (Wildman–Crippen MR) is 196 cm³/mol. The van der Waals surface area contributed by atoms with Crippen molar-refractivity contribution in [2.24, 2.45) is 0 Å². The van der Waals surface area contributed by atoms with Gasteiger partial charge in [-0.25, -0.2) is 0 Å². The topological polar surface area (TPSA) is 29.5 Å². The molecule has 0 bridgehead atoms. The third-order valence-electron chi connectivity index (χ3n) is 9.45. The summed E-state index contributed by atoms with van der Waals surface area (Å²) in [6, 6.07) is 57.6. The normalized spacial score (nSPS) is 11.8. The molecule has 220 valence electrons. The van der Waals surface area contributed by atoms with E-state index < -0.39 is 0 Å². The van der Waals surface area contributed by atoms with E-state index in [2.05, 4.69) is 150 Å². The fourth-order valence-electron chi connectivity index (χ4n) is 7.27. The largest absolute Gasteiger partial charge is 0.455 e. The molecule has 0 aliphatic carbocycles. The number of fused-ring (bicyclic) bond motifs is 10. The number of furan rings is 2. The highest BCUT2D eigenvalue weighted by molar-refractivity contribution is 6.24. The molecule has 0 amide bonds. The highest BCUT2D eigenvalue weighted by Gasteiger charge is 2.20. The SMILES string of the molecule is c1ccc(N(c2ccc(-c3cccc4c3oc3c4ccc4ccc5ccccc5c43)cc2)c2cccc3c2oc2ccccc23)cc1. The van der Waals surface area contributed by atoms with Gasteiger partial charge in [-0.05, 0) is 64.2 Å². The monoisotopic (exact) mass is 601 g/mol. The lowest BCUT2D eigenvalue weighted by Gasteiger charge is -2.25. The zero-order valence-electron chi connectivity index (χ0n) is 25.4. The van der Waals surface area contributed by atoms with Crippen LogP contribution >= 0.6 is 0 Å². The second-order valence-corrected chi connectivity index (χ2v) is 12.1. The molecule has 0 unspecified atom stereocenters. The van der Waals surface area contributed by atoms with Gasteiger partial charge < -0.3 is 13.7 Å². The zero-order valence-corrected chi connectivity index (χ0v) is 25.4. The van der Waals surface area contributed by atoms with Crippen LogP contribution in [0.25, 0.3) is 76.5 Å². The molecule has 10 rings (SSSR count). The summed E-state index contributed by atoms with van der Waals surface area (Å²) in [4.78, 5) is 2.27. The van der Waals surface area contributed by atoms with Crippen molar-refractivity contribution in [2.45, 2.75) is 0 Å². The third-order valence-corrected chi connectivity index (χ3v) is 9.45. The Bertz CT molecular complexity index is 2790. The van der Waals surface area contributed by atoms with Gasteiger partial charge in [-0.1, -0.05) is 121 Å². The predicted octanol–water partition coefficient (Wildman–Crippen LogP) is 12.9. The maximum atomic E-state index is 6.83. The maximum Gasteiger partial charge on any atom is 0.159 e. The van der Waals surface area contributed by atoms with E-state index in [9.17, 15) is 0 Å². The average Bonchev–Trinajstić information content (AvgIpc) is 3.72. The van der Waals surface area contributed by atoms with Crippen molar-refractivity contribution < 1.29 is 8.83 Å². The van der Waals surface area contributed by atoms with Gasteiger partial charge in [0, 0.05) is 43.9 Å². The molecular weight excluding hydrogens is 574 g/mol. The minimum Gasteiger partial charge on any atom is -0.455 e. The van der Waals surface area contributed by atoms with Crippen LogP contribution in [-0.4, -0.2) is 0 Å². The van der Waals surface area contributed by atoms with Crippen LogP contribution in [0.4, 0.5) is 17.1 Å². The molecule has 0 aliphatic rings. The van der Waals surface area contributed by atoms with E-state index in [1.165, 1.54) is 16.2 Å². The first-order valence-corrected chi connectivity index (χ1v) is 15.9. The second kappa shape index (κ2) is 10.1. The highest BCUT2D eigenvalue weighted by Crippen LogP contribution is 2.44. The van der Waals surface area contributed by atoms with Crippen LogP contribution in [0.15, 0.2) is 173 Å². The standard InChI is InChI=1S/C44H27NO2/c1-2-11-31(12-3-1)45(39-18-9-17-36-35-14-6-7-19-40(35)46-43(36)39)32-25-22-29(23-26-32)34-15-8-16-37-38-27-24-30-21-20-28-10-4-5-13-33(28)41(30)44(38)47-42(34)37/h1-27H. The van der Waals surface area contributed by atoms with E-state index in [4.69, 9.17) is 8.83 Å². The summed E-state index contributed by atoms with van der Waals surface area (Å²) >= 11 is 0. The zero-order chi connectivity index (χ0) is 30.9. The van der Waals surface area contributed by atoms with Crippen LogP contribution in [0.3, 0.4) is 0 Å². The van der Waals surface area contributed by atoms with Crippen molar-refractivity contribution in [1.82, 2.24) is 0 Å². The molecule has 3 heteroatoms. The maximum absolute atomic E-state index is 6.83. The van der Waals surface area contributed by atoms with Gasteiger partial charge in [-0.2, -0.15) is 0 Å². The number of rotatable bonds is 4. The van der Waals surface area contributed by atoms with Crippen molar-refractivity contribution in [1.29, 1.82) is 0 Å². The minimum atomic E-state index is 0.869. The lowest BCUT2D eigenvalue weighted by molar-refractivity contribution is 0.669. The van der Waals surface area contributed by atoms with Gasteiger partial charge in [0.05, 0.1) is 5.69 Å². The quantitative estimate of drug-likeness (QED) is 0.188. The Balaban J connectivity index is 1.14. The van der Waals surface area contributed by atoms with E-state index in [-0.39, 0.29) is 0 Å². The van der Waals surface area contributed by atoms with Crippen LogP contribution < -0.4 is 4.90 Å². The van der Waals surface area contributed by atoms with Crippen LogP contribution in [0, 0.1) is 0 Å². The van der Waals surface area contributed by atoms with Gasteiger partial charge >= 0.3 is 0 Å². The van der Waals surface area contributed by atoms with E-state index >= 15 is 0 Å². The van der Waals surface area contributed by atoms with Gasteiger partial charge in [0.2, 0.25) is 0 Å². The summed E-state index contributed by atoms with van der Waals surface area (Å²) in [6.45, 7) is 0. The number of para-hydroxylation sites is 4. The van der Waals surface area contributed by atoms with E-state index in [0.717, 1.165) is 77.5 Å². The Morgan fingerprint density at radius 3 is 1.87 bits per heavy atom. The molecule has 0 N–H and O–H groups in total. The molecule has 0 atom stereocenters. The Morgan fingerprint density at radius 1 is 0.362 bits per heavy atom. The smallest absolute Gasteiger partial charge is 0.159 e. The average molecular weight is 602 g/mol. The van der Waals surface area contributed by atoms with Gasteiger partial charge in [0.1, 0.15) is 16.7 Å². The lowest BCUT2D eigenvalue weighted by Crippen LogP contribution is -2.10. The van der Waals surface area contributed by atoms with Crippen molar-refractivity contribution in [3.05, 3.63) is 164 Å². The molecule has 0 saturated carbocycles. The van der Waals surface area contributed by atoms with Crippen molar-refractivity contribution in [3.63, 3.8) is 0 Å². The summed E-state index contributed by atoms with van der Waals surface area (Å²) in [5.41, 5.74) is 8.87. The number of hydrogen-bond donors (Lipinski definition) is 0. The molecule has 0 aliphatic heterocycles. The fraction of sp³-hybridized carbons (Fsp3) is 0. The molecule has 47 heavy (non-hydrogen) atoms. The molecule has 3 nitrogen and oxygen atoms in total. The summed E-state index contributed by atoms with van der Waals surface area (Å²) < 4.78 is 13.3. The third kappa shape index (κ3) is 3.93. The first-order chi connectivity index (χ1) is 23.3. The van der Waals surface area contributed by atoms with Crippen molar-refractivity contribution in [3.8, 4) is 11.1 Å². The summed E-state index contributed by atoms with van der Waals surface area (Å²) in [7, 11) is 0. The summed E-state index contributed by atoms with van der Waals surface area (Å²) in [5, 5.41) is 9.25. The molecule has 0 saturated heterocycles. The van der Waals surface area contributed by atoms with Gasteiger partial charge in [0.15, 0.2) is 5.58 Å². The fourth-order valence-corrected chi connectivity index (χ4v) is 7.27. The van der Waals surface area contributed by atoms with Crippen molar-refractivity contribution in [2.75, 3.05) is 4.90 Å². The van der Waals surface area contributed by atoms with Crippen LogP contribution in [0.5, 0.6) is 0 Å². The van der Waals surface area contributed by atoms with E-state index in [0.29, 0.717) is 0 Å². The minimum absolute atomic E-state index is 0.869. The molecule has 0 fully saturated rings. The first kappa shape index (κ1) is 26.0. The van der Waals surface area contributed by atoms with Crippen LogP contribution in [0.1, 0.15) is 0 Å². The van der Waals surface area contributed by atoms with Crippen LogP contribution in [0.2, 0.25) is 0 Å². The molecule has 8 aromatic carbocycles. The van der Waals surface area contributed by atoms with E-state index in [1.807, 2.05) is 18.2 Å². The molecular formula is C44H27NO2. The number of anilines is 3.